The van der Waals surface area contributed by atoms with Gasteiger partial charge in [0.2, 0.25) is 0 Å². The van der Waals surface area contributed by atoms with Crippen molar-refractivity contribution in [3.63, 3.8) is 0 Å². The molecule has 14 heavy (non-hydrogen) atoms. The number of benzene rings is 1. The van der Waals surface area contributed by atoms with Crippen LogP contribution < -0.4 is 10.5 Å². The summed E-state index contributed by atoms with van der Waals surface area (Å²) >= 11 is 0. The van der Waals surface area contributed by atoms with Gasteiger partial charge < -0.3 is 10.5 Å². The summed E-state index contributed by atoms with van der Waals surface area (Å²) in [5.41, 5.74) is 6.39. The van der Waals surface area contributed by atoms with Crippen LogP contribution in [0.15, 0.2) is 18.2 Å². The first kappa shape index (κ1) is 11.0. The van der Waals surface area contributed by atoms with E-state index in [2.05, 4.69) is 0 Å². The number of ether oxygens (including phenoxy) is 1. The lowest BCUT2D eigenvalue weighted by Crippen LogP contribution is -2.05. The molecule has 1 aromatic carbocycles. The second kappa shape index (κ2) is 4.96. The SMILES string of the molecule is COc1cc(F)cc(C(C)CCN)c1. The second-order valence-electron chi connectivity index (χ2n) is 3.40. The summed E-state index contributed by atoms with van der Waals surface area (Å²) in [6, 6.07) is 4.75. The van der Waals surface area contributed by atoms with Gasteiger partial charge in [0.1, 0.15) is 11.6 Å². The fourth-order valence-electron chi connectivity index (χ4n) is 1.40. The third-order valence-electron chi connectivity index (χ3n) is 2.30. The molecular weight excluding hydrogens is 181 g/mol. The Morgan fingerprint density at radius 3 is 2.71 bits per heavy atom. The van der Waals surface area contributed by atoms with E-state index in [0.29, 0.717) is 12.3 Å². The first-order valence-corrected chi connectivity index (χ1v) is 4.72. The van der Waals surface area contributed by atoms with Crippen LogP contribution in [0.3, 0.4) is 0 Å². The van der Waals surface area contributed by atoms with Crippen LogP contribution >= 0.6 is 0 Å². The van der Waals surface area contributed by atoms with Gasteiger partial charge in [-0.1, -0.05) is 6.92 Å². The molecule has 0 amide bonds. The second-order valence-corrected chi connectivity index (χ2v) is 3.40. The Labute approximate surface area is 83.9 Å². The molecule has 1 atom stereocenters. The van der Waals surface area contributed by atoms with E-state index in [9.17, 15) is 4.39 Å². The van der Waals surface area contributed by atoms with Crippen LogP contribution in [0.25, 0.3) is 0 Å². The Hall–Kier alpha value is -1.09. The highest BCUT2D eigenvalue weighted by Crippen LogP contribution is 2.24. The van der Waals surface area contributed by atoms with Gasteiger partial charge in [-0.2, -0.15) is 0 Å². The van der Waals surface area contributed by atoms with Crippen LogP contribution in [0.1, 0.15) is 24.8 Å². The number of hydrogen-bond acceptors (Lipinski definition) is 2. The van der Waals surface area contributed by atoms with Gasteiger partial charge >= 0.3 is 0 Å². The summed E-state index contributed by atoms with van der Waals surface area (Å²) in [5.74, 6) is 0.566. The fraction of sp³-hybridized carbons (Fsp3) is 0.455. The first-order chi connectivity index (χ1) is 6.67. The van der Waals surface area contributed by atoms with Crippen molar-refractivity contribution in [2.45, 2.75) is 19.3 Å². The summed E-state index contributed by atoms with van der Waals surface area (Å²) in [6.07, 6.45) is 0.854. The van der Waals surface area contributed by atoms with E-state index in [4.69, 9.17) is 10.5 Å². The van der Waals surface area contributed by atoms with Gasteiger partial charge in [-0.3, -0.25) is 0 Å². The molecule has 2 N–H and O–H groups in total. The quantitative estimate of drug-likeness (QED) is 0.803. The Morgan fingerprint density at radius 1 is 1.43 bits per heavy atom. The third-order valence-corrected chi connectivity index (χ3v) is 2.30. The highest BCUT2D eigenvalue weighted by molar-refractivity contribution is 5.31. The molecule has 2 nitrogen and oxygen atoms in total. The average molecular weight is 197 g/mol. The Bertz CT molecular complexity index is 301. The number of methoxy groups -OCH3 is 1. The van der Waals surface area contributed by atoms with Crippen molar-refractivity contribution in [3.05, 3.63) is 29.6 Å². The molecule has 3 heteroatoms. The minimum absolute atomic E-state index is 0.261. The van der Waals surface area contributed by atoms with E-state index >= 15 is 0 Å². The minimum Gasteiger partial charge on any atom is -0.497 e. The number of nitrogens with two attached hydrogens (primary N) is 1. The molecule has 0 saturated heterocycles. The molecule has 0 bridgehead atoms. The molecular formula is C11H16FNO. The summed E-state index contributed by atoms with van der Waals surface area (Å²) < 4.78 is 18.1. The number of hydrogen-bond donors (Lipinski definition) is 1. The van der Waals surface area contributed by atoms with Crippen molar-refractivity contribution < 1.29 is 9.13 Å². The lowest BCUT2D eigenvalue weighted by molar-refractivity contribution is 0.410. The maximum Gasteiger partial charge on any atom is 0.127 e. The van der Waals surface area contributed by atoms with E-state index in [-0.39, 0.29) is 11.7 Å². The molecule has 1 unspecified atom stereocenters. The lowest BCUT2D eigenvalue weighted by Gasteiger charge is -2.11. The minimum atomic E-state index is -0.261. The van der Waals surface area contributed by atoms with E-state index in [1.54, 1.807) is 0 Å². The van der Waals surface area contributed by atoms with Crippen molar-refractivity contribution in [2.24, 2.45) is 5.73 Å². The first-order valence-electron chi connectivity index (χ1n) is 4.72. The van der Waals surface area contributed by atoms with E-state index < -0.39 is 0 Å². The molecule has 0 fully saturated rings. The van der Waals surface area contributed by atoms with Crippen LogP contribution in [-0.4, -0.2) is 13.7 Å². The van der Waals surface area contributed by atoms with Gasteiger partial charge in [0.15, 0.2) is 0 Å². The molecule has 0 heterocycles. The number of rotatable bonds is 4. The topological polar surface area (TPSA) is 35.2 Å². The molecule has 1 rings (SSSR count). The molecule has 0 aliphatic rings. The molecule has 1 aromatic rings. The summed E-state index contributed by atoms with van der Waals surface area (Å²) in [4.78, 5) is 0. The van der Waals surface area contributed by atoms with E-state index in [1.807, 2.05) is 13.0 Å². The highest BCUT2D eigenvalue weighted by Gasteiger charge is 2.07. The Morgan fingerprint density at radius 2 is 2.14 bits per heavy atom. The van der Waals surface area contributed by atoms with Crippen LogP contribution in [0.2, 0.25) is 0 Å². The van der Waals surface area contributed by atoms with Crippen LogP contribution in [-0.2, 0) is 0 Å². The van der Waals surface area contributed by atoms with Gasteiger partial charge in [-0.25, -0.2) is 4.39 Å². The largest absolute Gasteiger partial charge is 0.497 e. The Kier molecular flexibility index (Phi) is 3.89. The average Bonchev–Trinajstić information content (AvgIpc) is 2.17. The van der Waals surface area contributed by atoms with Gasteiger partial charge in [0.25, 0.3) is 0 Å². The summed E-state index contributed by atoms with van der Waals surface area (Å²) in [5, 5.41) is 0. The van der Waals surface area contributed by atoms with Crippen molar-refractivity contribution in [2.75, 3.05) is 13.7 Å². The number of halogens is 1. The molecule has 0 spiro atoms. The van der Waals surface area contributed by atoms with Crippen LogP contribution in [0.4, 0.5) is 4.39 Å². The predicted octanol–water partition coefficient (Wildman–Crippen LogP) is 2.29. The fourth-order valence-corrected chi connectivity index (χ4v) is 1.40. The summed E-state index contributed by atoms with van der Waals surface area (Å²) in [7, 11) is 1.53. The van der Waals surface area contributed by atoms with Crippen molar-refractivity contribution in [3.8, 4) is 5.75 Å². The molecule has 0 aliphatic heterocycles. The van der Waals surface area contributed by atoms with Crippen LogP contribution in [0.5, 0.6) is 5.75 Å². The third kappa shape index (κ3) is 2.70. The van der Waals surface area contributed by atoms with Crippen LogP contribution in [0, 0.1) is 5.82 Å². The standard InChI is InChI=1S/C11H16FNO/c1-8(3-4-13)9-5-10(12)7-11(6-9)14-2/h5-8H,3-4,13H2,1-2H3. The van der Waals surface area contributed by atoms with Gasteiger partial charge in [0, 0.05) is 6.07 Å². The van der Waals surface area contributed by atoms with Crippen molar-refractivity contribution in [1.82, 2.24) is 0 Å². The normalized spacial score (nSPS) is 12.6. The van der Waals surface area contributed by atoms with Crippen molar-refractivity contribution in [1.29, 1.82) is 0 Å². The highest BCUT2D eigenvalue weighted by atomic mass is 19.1. The zero-order chi connectivity index (χ0) is 10.6. The molecule has 0 aliphatic carbocycles. The molecule has 78 valence electrons. The molecule has 0 aromatic heterocycles. The van der Waals surface area contributed by atoms with Crippen molar-refractivity contribution >= 4 is 0 Å². The van der Waals surface area contributed by atoms with Gasteiger partial charge in [-0.05, 0) is 36.6 Å². The van der Waals surface area contributed by atoms with E-state index in [1.165, 1.54) is 19.2 Å². The molecule has 0 saturated carbocycles. The predicted molar refractivity (Wildman–Crippen MR) is 55.0 cm³/mol. The van der Waals surface area contributed by atoms with Gasteiger partial charge in [-0.15, -0.1) is 0 Å². The van der Waals surface area contributed by atoms with E-state index in [0.717, 1.165) is 12.0 Å². The zero-order valence-electron chi connectivity index (χ0n) is 8.59. The Balaban J connectivity index is 2.90. The monoisotopic (exact) mass is 197 g/mol. The maximum absolute atomic E-state index is 13.1. The molecule has 0 radical (unpaired) electrons. The summed E-state index contributed by atoms with van der Waals surface area (Å²) in [6.45, 7) is 2.64. The lowest BCUT2D eigenvalue weighted by atomic mass is 9.97. The smallest absolute Gasteiger partial charge is 0.127 e. The maximum atomic E-state index is 13.1. The zero-order valence-corrected chi connectivity index (χ0v) is 8.59. The van der Waals surface area contributed by atoms with Gasteiger partial charge in [0.05, 0.1) is 7.11 Å².